The number of sulfonamides is 1. The summed E-state index contributed by atoms with van der Waals surface area (Å²) in [6.45, 7) is 1.33. The molecule has 0 fully saturated rings. The number of carbonyl (C=O) groups is 1. The van der Waals surface area contributed by atoms with Gasteiger partial charge in [-0.05, 0) is 14.0 Å². The van der Waals surface area contributed by atoms with Gasteiger partial charge in [0.2, 0.25) is 5.09 Å². The van der Waals surface area contributed by atoms with E-state index in [1.165, 1.54) is 20.0 Å². The maximum absolute atomic E-state index is 11.1. The minimum absolute atomic E-state index is 0.235. The highest BCUT2D eigenvalue weighted by atomic mass is 32.2. The van der Waals surface area contributed by atoms with Crippen molar-refractivity contribution in [1.82, 2.24) is 4.72 Å². The van der Waals surface area contributed by atoms with Crippen molar-refractivity contribution in [1.29, 1.82) is 0 Å². The molecule has 0 amide bonds. The molecule has 0 atom stereocenters. The molecule has 72 valence electrons. The Morgan fingerprint density at radius 3 is 2.54 bits per heavy atom. The Hall–Kier alpha value is -1.14. The van der Waals surface area contributed by atoms with Crippen LogP contribution in [0.2, 0.25) is 0 Å². The van der Waals surface area contributed by atoms with Gasteiger partial charge in [0.05, 0.1) is 5.56 Å². The highest BCUT2D eigenvalue weighted by Crippen LogP contribution is 2.13. The van der Waals surface area contributed by atoms with Crippen LogP contribution in [0.4, 0.5) is 0 Å². The van der Waals surface area contributed by atoms with Gasteiger partial charge in [0.15, 0.2) is 5.78 Å². The average Bonchev–Trinajstić information content (AvgIpc) is 2.52. The molecular weight excluding hydrogens is 194 g/mol. The Kier molecular flexibility index (Phi) is 2.53. The Morgan fingerprint density at radius 1 is 1.54 bits per heavy atom. The molecule has 0 spiro atoms. The number of hydrogen-bond acceptors (Lipinski definition) is 4. The molecular formula is C7H9NO4S. The predicted molar refractivity (Wildman–Crippen MR) is 45.0 cm³/mol. The minimum Gasteiger partial charge on any atom is -0.451 e. The maximum Gasteiger partial charge on any atom is 0.273 e. The molecule has 0 bridgehead atoms. The molecule has 6 heteroatoms. The third-order valence-corrected chi connectivity index (χ3v) is 2.80. The topological polar surface area (TPSA) is 76.4 Å². The molecule has 0 aromatic carbocycles. The Labute approximate surface area is 75.8 Å². The van der Waals surface area contributed by atoms with Crippen LogP contribution < -0.4 is 4.72 Å². The normalized spacial score (nSPS) is 11.5. The van der Waals surface area contributed by atoms with Crippen molar-refractivity contribution in [3.05, 3.63) is 17.9 Å². The SMILES string of the molecule is CNS(=O)(=O)c1cc(C(C)=O)co1. The van der Waals surface area contributed by atoms with E-state index in [1.54, 1.807) is 0 Å². The number of furan rings is 1. The summed E-state index contributed by atoms with van der Waals surface area (Å²) in [6, 6.07) is 1.19. The van der Waals surface area contributed by atoms with E-state index in [9.17, 15) is 13.2 Å². The van der Waals surface area contributed by atoms with Crippen LogP contribution in [0.15, 0.2) is 21.8 Å². The smallest absolute Gasteiger partial charge is 0.273 e. The molecule has 0 unspecified atom stereocenters. The van der Waals surface area contributed by atoms with Gasteiger partial charge in [-0.2, -0.15) is 0 Å². The van der Waals surface area contributed by atoms with Crippen molar-refractivity contribution in [2.45, 2.75) is 12.0 Å². The lowest BCUT2D eigenvalue weighted by atomic mass is 10.2. The number of Topliss-reactive ketones (excluding diaryl/α,β-unsaturated/α-hetero) is 1. The van der Waals surface area contributed by atoms with Crippen LogP contribution >= 0.6 is 0 Å². The van der Waals surface area contributed by atoms with Gasteiger partial charge < -0.3 is 4.42 Å². The van der Waals surface area contributed by atoms with Crippen LogP contribution in [0, 0.1) is 0 Å². The highest BCUT2D eigenvalue weighted by Gasteiger charge is 2.17. The zero-order chi connectivity index (χ0) is 10.1. The Morgan fingerprint density at radius 2 is 2.15 bits per heavy atom. The summed E-state index contributed by atoms with van der Waals surface area (Å²) in [5.41, 5.74) is 0.244. The van der Waals surface area contributed by atoms with Gasteiger partial charge in [0.1, 0.15) is 6.26 Å². The second-order valence-electron chi connectivity index (χ2n) is 2.42. The standard InChI is InChI=1S/C7H9NO4S/c1-5(9)6-3-7(12-4-6)13(10,11)8-2/h3-4,8H,1-2H3. The molecule has 1 heterocycles. The number of carbonyl (C=O) groups excluding carboxylic acids is 1. The van der Waals surface area contributed by atoms with Gasteiger partial charge in [-0.3, -0.25) is 4.79 Å². The van der Waals surface area contributed by atoms with Crippen molar-refractivity contribution >= 4 is 15.8 Å². The van der Waals surface area contributed by atoms with Gasteiger partial charge >= 0.3 is 0 Å². The van der Waals surface area contributed by atoms with E-state index in [2.05, 4.69) is 4.72 Å². The summed E-state index contributed by atoms with van der Waals surface area (Å²) in [7, 11) is -2.31. The van der Waals surface area contributed by atoms with Crippen LogP contribution in [0.1, 0.15) is 17.3 Å². The van der Waals surface area contributed by atoms with E-state index in [-0.39, 0.29) is 16.4 Å². The minimum atomic E-state index is -3.58. The third kappa shape index (κ3) is 1.96. The van der Waals surface area contributed by atoms with E-state index < -0.39 is 10.0 Å². The van der Waals surface area contributed by atoms with E-state index in [0.29, 0.717) is 0 Å². The van der Waals surface area contributed by atoms with Crippen molar-refractivity contribution < 1.29 is 17.6 Å². The zero-order valence-electron chi connectivity index (χ0n) is 7.20. The van der Waals surface area contributed by atoms with Crippen LogP contribution in [-0.2, 0) is 10.0 Å². The molecule has 1 rings (SSSR count). The number of ketones is 1. The summed E-state index contributed by atoms with van der Waals surface area (Å²) in [5.74, 6) is -0.235. The van der Waals surface area contributed by atoms with Gasteiger partial charge in [0.25, 0.3) is 10.0 Å². The molecule has 13 heavy (non-hydrogen) atoms. The lowest BCUT2D eigenvalue weighted by Crippen LogP contribution is -2.17. The summed E-state index contributed by atoms with van der Waals surface area (Å²) in [6.07, 6.45) is 1.12. The summed E-state index contributed by atoms with van der Waals surface area (Å²) in [5, 5.41) is -0.250. The number of nitrogens with one attached hydrogen (secondary N) is 1. The third-order valence-electron chi connectivity index (χ3n) is 1.52. The highest BCUT2D eigenvalue weighted by molar-refractivity contribution is 7.89. The predicted octanol–water partition coefficient (Wildman–Crippen LogP) is 0.390. The fourth-order valence-electron chi connectivity index (χ4n) is 0.743. The lowest BCUT2D eigenvalue weighted by molar-refractivity contribution is 0.101. The molecule has 0 saturated heterocycles. The summed E-state index contributed by atoms with van der Waals surface area (Å²) < 4.78 is 29.0. The van der Waals surface area contributed by atoms with Crippen molar-refractivity contribution in [3.8, 4) is 0 Å². The van der Waals surface area contributed by atoms with Crippen molar-refractivity contribution in [2.75, 3.05) is 7.05 Å². The molecule has 0 saturated carbocycles. The molecule has 1 aromatic heterocycles. The first-order valence-corrected chi connectivity index (χ1v) is 4.98. The summed E-state index contributed by atoms with van der Waals surface area (Å²) in [4.78, 5) is 10.8. The molecule has 5 nitrogen and oxygen atoms in total. The lowest BCUT2D eigenvalue weighted by Gasteiger charge is -1.94. The van der Waals surface area contributed by atoms with E-state index in [0.717, 1.165) is 6.26 Å². The molecule has 1 aromatic rings. The molecule has 1 N–H and O–H groups in total. The van der Waals surface area contributed by atoms with Crippen molar-refractivity contribution in [2.24, 2.45) is 0 Å². The van der Waals surface area contributed by atoms with E-state index >= 15 is 0 Å². The largest absolute Gasteiger partial charge is 0.451 e. The van der Waals surface area contributed by atoms with E-state index in [1.807, 2.05) is 0 Å². The summed E-state index contributed by atoms with van der Waals surface area (Å²) >= 11 is 0. The maximum atomic E-state index is 11.1. The molecule has 0 aliphatic rings. The van der Waals surface area contributed by atoms with Crippen molar-refractivity contribution in [3.63, 3.8) is 0 Å². The first kappa shape index (κ1) is 9.94. The number of rotatable bonds is 3. The molecule has 0 aliphatic carbocycles. The molecule has 0 radical (unpaired) electrons. The Balaban J connectivity index is 3.13. The van der Waals surface area contributed by atoms with Gasteiger partial charge in [0, 0.05) is 6.07 Å². The first-order valence-electron chi connectivity index (χ1n) is 3.50. The second kappa shape index (κ2) is 3.31. The Bertz CT molecular complexity index is 417. The van der Waals surface area contributed by atoms with Crippen LogP contribution in [0.5, 0.6) is 0 Å². The fraction of sp³-hybridized carbons (Fsp3) is 0.286. The first-order chi connectivity index (χ1) is 5.97. The van der Waals surface area contributed by atoms with E-state index in [4.69, 9.17) is 4.42 Å². The molecule has 0 aliphatic heterocycles. The van der Waals surface area contributed by atoms with Crippen LogP contribution in [0.25, 0.3) is 0 Å². The monoisotopic (exact) mass is 203 g/mol. The van der Waals surface area contributed by atoms with Crippen LogP contribution in [-0.4, -0.2) is 21.2 Å². The van der Waals surface area contributed by atoms with Gasteiger partial charge in [-0.25, -0.2) is 13.1 Å². The quantitative estimate of drug-likeness (QED) is 0.721. The number of hydrogen-bond donors (Lipinski definition) is 1. The zero-order valence-corrected chi connectivity index (χ0v) is 8.01. The van der Waals surface area contributed by atoms with Crippen LogP contribution in [0.3, 0.4) is 0 Å². The van der Waals surface area contributed by atoms with Gasteiger partial charge in [-0.15, -0.1) is 0 Å². The average molecular weight is 203 g/mol. The van der Waals surface area contributed by atoms with Gasteiger partial charge in [-0.1, -0.05) is 0 Å². The fourth-order valence-corrected chi connectivity index (χ4v) is 1.40. The second-order valence-corrected chi connectivity index (χ2v) is 4.24.